The van der Waals surface area contributed by atoms with Crippen molar-refractivity contribution in [3.8, 4) is 0 Å². The number of Topliss-reactive ketones (excluding diaryl/α,β-unsaturated/α-hetero) is 1. The lowest BCUT2D eigenvalue weighted by Crippen LogP contribution is -2.48. The molecule has 73 heavy (non-hydrogen) atoms. The Morgan fingerprint density at radius 3 is 1.63 bits per heavy atom. The van der Waals surface area contributed by atoms with Crippen molar-refractivity contribution in [2.24, 2.45) is 11.7 Å². The van der Waals surface area contributed by atoms with Crippen LogP contribution in [0.25, 0.3) is 0 Å². The fraction of sp³-hybridized carbons (Fsp3) is 0.653. The third-order valence-corrected chi connectivity index (χ3v) is 9.88. The van der Waals surface area contributed by atoms with E-state index in [4.69, 9.17) is 48.4 Å². The van der Waals surface area contributed by atoms with E-state index < -0.39 is 72.4 Å². The van der Waals surface area contributed by atoms with Crippen molar-refractivity contribution in [1.29, 1.82) is 0 Å². The highest BCUT2D eigenvalue weighted by atomic mass is 16.6. The van der Waals surface area contributed by atoms with Crippen LogP contribution in [0.5, 0.6) is 0 Å². The van der Waals surface area contributed by atoms with Gasteiger partial charge in [-0.2, -0.15) is 0 Å². The van der Waals surface area contributed by atoms with Crippen molar-refractivity contribution >= 4 is 53.0 Å². The first-order valence-corrected chi connectivity index (χ1v) is 24.3. The number of hydrogen-bond donors (Lipinski definition) is 5. The van der Waals surface area contributed by atoms with Crippen LogP contribution in [0.4, 0.5) is 0 Å². The average Bonchev–Trinajstić information content (AvgIpc) is 3.35. The van der Waals surface area contributed by atoms with Crippen LogP contribution in [0.15, 0.2) is 42.5 Å². The van der Waals surface area contributed by atoms with Crippen LogP contribution < -0.4 is 21.7 Å². The predicted octanol–water partition coefficient (Wildman–Crippen LogP) is 0.0578. The van der Waals surface area contributed by atoms with E-state index in [1.165, 1.54) is 13.8 Å². The molecule has 1 aromatic rings. The van der Waals surface area contributed by atoms with Gasteiger partial charge in [0.15, 0.2) is 11.6 Å². The SMILES string of the molecule is CCNC(=O)CC[C@H](NC(=O)CCOCCOCCOCCOCCOCCOCCOCCOCCCC(=O)/C=C/C(=O)N(CC(N)=O)CC(=O)[C@H](C)NC(=O)[C@H](C)CC(=O)OCc1ccccc1)C(=O)O. The van der Waals surface area contributed by atoms with Crippen LogP contribution in [0.3, 0.4) is 0 Å². The Hall–Kier alpha value is -5.73. The molecular weight excluding hydrogens is 963 g/mol. The van der Waals surface area contributed by atoms with E-state index in [1.54, 1.807) is 31.2 Å². The number of amides is 5. The quantitative estimate of drug-likeness (QED) is 0.0327. The first kappa shape index (κ1) is 65.3. The lowest BCUT2D eigenvalue weighted by atomic mass is 10.1. The molecule has 1 aromatic carbocycles. The number of esters is 1. The summed E-state index contributed by atoms with van der Waals surface area (Å²) in [6.07, 6.45) is 2.20. The molecule has 0 saturated heterocycles. The number of carbonyl (C=O) groups is 9. The number of ketones is 2. The largest absolute Gasteiger partial charge is 0.480 e. The van der Waals surface area contributed by atoms with Gasteiger partial charge in [-0.05, 0) is 38.3 Å². The van der Waals surface area contributed by atoms with Gasteiger partial charge in [0.2, 0.25) is 29.5 Å². The molecular formula is C49H77N5O19. The van der Waals surface area contributed by atoms with E-state index >= 15 is 0 Å². The molecule has 0 spiro atoms. The number of nitrogens with zero attached hydrogens (tertiary/aromatic N) is 1. The monoisotopic (exact) mass is 1040 g/mol. The van der Waals surface area contributed by atoms with Gasteiger partial charge in [0.25, 0.3) is 0 Å². The van der Waals surface area contributed by atoms with Gasteiger partial charge in [0.1, 0.15) is 19.2 Å². The molecule has 0 fully saturated rings. The van der Waals surface area contributed by atoms with Crippen molar-refractivity contribution in [2.45, 2.75) is 78.0 Å². The normalized spacial score (nSPS) is 12.4. The number of rotatable bonds is 47. The molecule has 3 atom stereocenters. The van der Waals surface area contributed by atoms with E-state index in [9.17, 15) is 48.3 Å². The fourth-order valence-electron chi connectivity index (χ4n) is 5.89. The van der Waals surface area contributed by atoms with E-state index in [1.807, 2.05) is 6.07 Å². The number of carboxylic acid groups (broad SMARTS) is 1. The van der Waals surface area contributed by atoms with Crippen LogP contribution >= 0.6 is 0 Å². The Labute approximate surface area is 426 Å². The van der Waals surface area contributed by atoms with Gasteiger partial charge in [0, 0.05) is 44.4 Å². The first-order chi connectivity index (χ1) is 35.1. The minimum absolute atomic E-state index is 0.00441. The van der Waals surface area contributed by atoms with Crippen LogP contribution in [0.2, 0.25) is 0 Å². The summed E-state index contributed by atoms with van der Waals surface area (Å²) in [6, 6.07) is 6.82. The van der Waals surface area contributed by atoms with Crippen molar-refractivity contribution in [1.82, 2.24) is 20.9 Å². The average molecular weight is 1040 g/mol. The third kappa shape index (κ3) is 36.8. The highest BCUT2D eigenvalue weighted by Crippen LogP contribution is 2.08. The summed E-state index contributed by atoms with van der Waals surface area (Å²) < 4.78 is 48.8. The van der Waals surface area contributed by atoms with Gasteiger partial charge in [-0.1, -0.05) is 37.3 Å². The fourth-order valence-corrected chi connectivity index (χ4v) is 5.89. The summed E-state index contributed by atoms with van der Waals surface area (Å²) in [5.41, 5.74) is 6.07. The highest BCUT2D eigenvalue weighted by molar-refractivity contribution is 6.01. The minimum Gasteiger partial charge on any atom is -0.480 e. The molecule has 0 aliphatic heterocycles. The molecule has 0 aromatic heterocycles. The third-order valence-electron chi connectivity index (χ3n) is 9.88. The molecule has 0 heterocycles. The van der Waals surface area contributed by atoms with Crippen molar-refractivity contribution in [3.63, 3.8) is 0 Å². The number of ether oxygens (including phenoxy) is 9. The Bertz CT molecular complexity index is 1800. The van der Waals surface area contributed by atoms with Crippen LogP contribution in [0.1, 0.15) is 64.9 Å². The summed E-state index contributed by atoms with van der Waals surface area (Å²) in [5, 5.41) is 16.8. The summed E-state index contributed by atoms with van der Waals surface area (Å²) in [7, 11) is 0. The molecule has 0 aliphatic rings. The molecule has 24 nitrogen and oxygen atoms in total. The second-order valence-electron chi connectivity index (χ2n) is 16.1. The lowest BCUT2D eigenvalue weighted by molar-refractivity contribution is -0.148. The Kier molecular flexibility index (Phi) is 38.2. The van der Waals surface area contributed by atoms with Crippen molar-refractivity contribution in [3.05, 3.63) is 48.0 Å². The number of benzene rings is 1. The van der Waals surface area contributed by atoms with E-state index in [-0.39, 0.29) is 70.2 Å². The molecule has 0 bridgehead atoms. The minimum atomic E-state index is -1.21. The molecule has 0 radical (unpaired) electrons. The summed E-state index contributed by atoms with van der Waals surface area (Å²) in [5.74, 6) is -6.60. The summed E-state index contributed by atoms with van der Waals surface area (Å²) in [4.78, 5) is 110. The molecule has 5 amide bonds. The maximum atomic E-state index is 12.9. The molecule has 0 unspecified atom stereocenters. The molecule has 24 heteroatoms. The summed E-state index contributed by atoms with van der Waals surface area (Å²) >= 11 is 0. The van der Waals surface area contributed by atoms with Crippen LogP contribution in [-0.4, -0.2) is 200 Å². The Morgan fingerprint density at radius 1 is 0.630 bits per heavy atom. The van der Waals surface area contributed by atoms with E-state index in [0.717, 1.165) is 22.6 Å². The zero-order valence-corrected chi connectivity index (χ0v) is 42.5. The number of nitrogens with two attached hydrogens (primary N) is 1. The highest BCUT2D eigenvalue weighted by Gasteiger charge is 2.26. The number of aliphatic carboxylic acids is 1. The van der Waals surface area contributed by atoms with Crippen LogP contribution in [0, 0.1) is 5.92 Å². The molecule has 6 N–H and O–H groups in total. The Morgan fingerprint density at radius 2 is 1.14 bits per heavy atom. The smallest absolute Gasteiger partial charge is 0.326 e. The van der Waals surface area contributed by atoms with E-state index in [2.05, 4.69) is 16.0 Å². The maximum absolute atomic E-state index is 12.9. The molecule has 412 valence electrons. The number of nitrogens with one attached hydrogen (secondary N) is 3. The molecule has 0 aliphatic carbocycles. The van der Waals surface area contributed by atoms with Crippen molar-refractivity contribution < 1.29 is 90.9 Å². The van der Waals surface area contributed by atoms with Crippen molar-refractivity contribution in [2.75, 3.05) is 125 Å². The van der Waals surface area contributed by atoms with Gasteiger partial charge in [0.05, 0.1) is 118 Å². The topological polar surface area (TPSA) is 322 Å². The summed E-state index contributed by atoms with van der Waals surface area (Å²) in [6.45, 7) is 9.27. The van der Waals surface area contributed by atoms with Gasteiger partial charge in [-0.15, -0.1) is 0 Å². The zero-order chi connectivity index (χ0) is 53.9. The number of hydrogen-bond acceptors (Lipinski definition) is 18. The standard InChI is InChI=1S/C49H77N5O19/c1-4-51-44(58)14-13-41(49(63)64)53-45(59)16-18-66-20-22-68-24-26-70-28-30-72-32-31-71-29-27-69-25-23-67-21-19-65-17-8-11-40(55)12-15-46(60)54(35-43(50)57)34-42(56)38(3)52-48(62)37(2)33-47(61)73-36-39-9-6-5-7-10-39/h5-7,9-10,12,15,37-38,41H,4,8,11,13-14,16-36H2,1-3H3,(H2,50,57)(H,51,58)(H,52,62)(H,53,59)(H,63,64)/b15-12+/t37-,38+,41+/m1/s1. The number of carbonyl (C=O) groups excluding carboxylic acids is 8. The second-order valence-corrected chi connectivity index (χ2v) is 16.1. The van der Waals surface area contributed by atoms with E-state index in [0.29, 0.717) is 98.9 Å². The first-order valence-electron chi connectivity index (χ1n) is 24.3. The second kappa shape index (κ2) is 42.7. The van der Waals surface area contributed by atoms with Gasteiger partial charge < -0.3 is 74.3 Å². The predicted molar refractivity (Wildman–Crippen MR) is 260 cm³/mol. The number of allylic oxidation sites excluding steroid dienone is 1. The molecule has 0 saturated carbocycles. The molecule has 1 rings (SSSR count). The number of primary amides is 1. The van der Waals surface area contributed by atoms with Gasteiger partial charge >= 0.3 is 11.9 Å². The van der Waals surface area contributed by atoms with Gasteiger partial charge in [-0.25, -0.2) is 4.79 Å². The van der Waals surface area contributed by atoms with Crippen LogP contribution in [-0.2, 0) is 92.4 Å². The maximum Gasteiger partial charge on any atom is 0.326 e. The Balaban J connectivity index is 2.00. The zero-order valence-electron chi connectivity index (χ0n) is 42.5. The number of carboxylic acids is 1. The van der Waals surface area contributed by atoms with Gasteiger partial charge in [-0.3, -0.25) is 38.4 Å². The lowest BCUT2D eigenvalue weighted by Gasteiger charge is -2.22.